The maximum absolute atomic E-state index is 13.2. The molecule has 8 heteroatoms. The number of carbonyl (C=O) groups is 2. The molecule has 2 aromatic rings. The van der Waals surface area contributed by atoms with Crippen molar-refractivity contribution in [2.45, 2.75) is 12.8 Å². The van der Waals surface area contributed by atoms with Crippen LogP contribution in [0.1, 0.15) is 27.9 Å². The number of carbonyl (C=O) groups excluding carboxylic acids is 2. The number of allylic oxidation sites excluding steroid dienone is 4. The lowest BCUT2D eigenvalue weighted by molar-refractivity contribution is 0.103. The Kier molecular flexibility index (Phi) is 8.03. The minimum atomic E-state index is -0.606. The number of nitrogens with one attached hydrogen (secondary N) is 2. The molecule has 2 N–H and O–H groups in total. The van der Waals surface area contributed by atoms with E-state index in [4.69, 9.17) is 17.0 Å². The standard InChI is InChI=1S/C24H22ClN3O3S/c1-31-24(30)28-23(32-2)27-20-10-11-21(22(29)16-6-8-18(25)9-7-16)17(14-20)12-15-4-3-5-19(26)13-15/h3-11,14,26H,12-13H2,1-2H3,(H,27,28,30). The molecule has 3 rings (SSSR count). The van der Waals surface area contributed by atoms with Crippen LogP contribution in [0.25, 0.3) is 0 Å². The number of hydrogen-bond acceptors (Lipinski definition) is 6. The quantitative estimate of drug-likeness (QED) is 0.334. The number of ether oxygens (including phenoxy) is 1. The van der Waals surface area contributed by atoms with Crippen LogP contribution in [0.2, 0.25) is 5.02 Å². The summed E-state index contributed by atoms with van der Waals surface area (Å²) >= 11 is 7.23. The van der Waals surface area contributed by atoms with Crippen molar-refractivity contribution in [3.63, 3.8) is 0 Å². The second-order valence-corrected chi connectivity index (χ2v) is 8.21. The topological polar surface area (TPSA) is 91.6 Å². The van der Waals surface area contributed by atoms with Crippen molar-refractivity contribution >= 4 is 51.8 Å². The number of rotatable bonds is 5. The summed E-state index contributed by atoms with van der Waals surface area (Å²) in [7, 11) is 1.28. The lowest BCUT2D eigenvalue weighted by atomic mass is 9.90. The summed E-state index contributed by atoms with van der Waals surface area (Å²) in [6.45, 7) is 0. The first-order chi connectivity index (χ1) is 15.4. The van der Waals surface area contributed by atoms with E-state index in [0.717, 1.165) is 11.1 Å². The van der Waals surface area contributed by atoms with E-state index >= 15 is 0 Å². The molecular weight excluding hydrogens is 446 g/mol. The number of methoxy groups -OCH3 is 1. The van der Waals surface area contributed by atoms with Crippen LogP contribution < -0.4 is 5.32 Å². The molecule has 0 aliphatic heterocycles. The Bertz CT molecular complexity index is 1140. The number of amides is 1. The van der Waals surface area contributed by atoms with E-state index in [1.54, 1.807) is 48.7 Å². The van der Waals surface area contributed by atoms with Crippen LogP contribution in [0, 0.1) is 5.41 Å². The summed E-state index contributed by atoms with van der Waals surface area (Å²) in [4.78, 5) is 29.2. The van der Waals surface area contributed by atoms with Crippen molar-refractivity contribution in [2.75, 3.05) is 13.4 Å². The maximum Gasteiger partial charge on any atom is 0.412 e. The van der Waals surface area contributed by atoms with Crippen molar-refractivity contribution in [2.24, 2.45) is 4.99 Å². The van der Waals surface area contributed by atoms with Gasteiger partial charge >= 0.3 is 6.09 Å². The van der Waals surface area contributed by atoms with Gasteiger partial charge in [0.25, 0.3) is 0 Å². The first-order valence-electron chi connectivity index (χ1n) is 9.74. The van der Waals surface area contributed by atoms with Gasteiger partial charge in [-0.1, -0.05) is 41.1 Å². The Labute approximate surface area is 195 Å². The lowest BCUT2D eigenvalue weighted by Crippen LogP contribution is -2.27. The highest BCUT2D eigenvalue weighted by molar-refractivity contribution is 8.13. The first kappa shape index (κ1) is 23.5. The number of nitrogens with zero attached hydrogens (tertiary/aromatic N) is 1. The van der Waals surface area contributed by atoms with Gasteiger partial charge in [-0.15, -0.1) is 0 Å². The highest BCUT2D eigenvalue weighted by Crippen LogP contribution is 2.26. The summed E-state index contributed by atoms with van der Waals surface area (Å²) in [5.74, 6) is -0.119. The number of aliphatic imine (C=N–C) groups is 1. The maximum atomic E-state index is 13.2. The first-order valence-corrected chi connectivity index (χ1v) is 11.3. The van der Waals surface area contributed by atoms with Crippen molar-refractivity contribution in [1.82, 2.24) is 5.32 Å². The Morgan fingerprint density at radius 2 is 1.97 bits per heavy atom. The van der Waals surface area contributed by atoms with Gasteiger partial charge in [0.2, 0.25) is 0 Å². The van der Waals surface area contributed by atoms with E-state index in [-0.39, 0.29) is 5.78 Å². The minimum absolute atomic E-state index is 0.119. The van der Waals surface area contributed by atoms with Gasteiger partial charge in [-0.05, 0) is 66.8 Å². The van der Waals surface area contributed by atoms with Crippen LogP contribution >= 0.6 is 23.4 Å². The Morgan fingerprint density at radius 3 is 2.62 bits per heavy atom. The third kappa shape index (κ3) is 6.18. The molecule has 0 spiro atoms. The Morgan fingerprint density at radius 1 is 1.22 bits per heavy atom. The van der Waals surface area contributed by atoms with Crippen LogP contribution in [0.4, 0.5) is 10.5 Å². The van der Waals surface area contributed by atoms with E-state index in [1.807, 2.05) is 18.2 Å². The molecule has 1 aliphatic rings. The van der Waals surface area contributed by atoms with Crippen LogP contribution in [0.3, 0.4) is 0 Å². The molecular formula is C24H22ClN3O3S. The Hall–Kier alpha value is -3.16. The van der Waals surface area contributed by atoms with Gasteiger partial charge in [-0.2, -0.15) is 0 Å². The van der Waals surface area contributed by atoms with Gasteiger partial charge < -0.3 is 10.1 Å². The van der Waals surface area contributed by atoms with E-state index in [1.165, 1.54) is 18.9 Å². The molecule has 0 aromatic heterocycles. The van der Waals surface area contributed by atoms with Crippen molar-refractivity contribution in [3.8, 4) is 0 Å². The molecule has 0 unspecified atom stereocenters. The molecule has 164 valence electrons. The van der Waals surface area contributed by atoms with Crippen molar-refractivity contribution < 1.29 is 14.3 Å². The van der Waals surface area contributed by atoms with Crippen molar-refractivity contribution in [3.05, 3.63) is 88.0 Å². The lowest BCUT2D eigenvalue weighted by Gasteiger charge is -2.14. The zero-order valence-electron chi connectivity index (χ0n) is 17.6. The molecule has 0 saturated heterocycles. The van der Waals surface area contributed by atoms with E-state index in [2.05, 4.69) is 15.0 Å². The molecule has 32 heavy (non-hydrogen) atoms. The smallest absolute Gasteiger partial charge is 0.412 e. The predicted octanol–water partition coefficient (Wildman–Crippen LogP) is 5.73. The Balaban J connectivity index is 2.00. The highest BCUT2D eigenvalue weighted by Gasteiger charge is 2.17. The van der Waals surface area contributed by atoms with Gasteiger partial charge in [0.05, 0.1) is 12.8 Å². The second-order valence-electron chi connectivity index (χ2n) is 6.98. The number of benzene rings is 2. The molecule has 0 atom stereocenters. The van der Waals surface area contributed by atoms with Crippen LogP contribution in [0.5, 0.6) is 0 Å². The van der Waals surface area contributed by atoms with Crippen LogP contribution in [-0.4, -0.2) is 36.1 Å². The fourth-order valence-electron chi connectivity index (χ4n) is 3.18. The number of halogens is 1. The third-order valence-electron chi connectivity index (χ3n) is 4.72. The molecule has 0 radical (unpaired) electrons. The van der Waals surface area contributed by atoms with E-state index in [9.17, 15) is 9.59 Å². The molecule has 0 heterocycles. The zero-order valence-corrected chi connectivity index (χ0v) is 19.2. The second kappa shape index (κ2) is 10.9. The van der Waals surface area contributed by atoms with E-state index < -0.39 is 6.09 Å². The molecule has 1 amide bonds. The summed E-state index contributed by atoms with van der Waals surface area (Å²) in [6, 6.07) is 12.1. The van der Waals surface area contributed by atoms with E-state index in [0.29, 0.717) is 45.6 Å². The third-order valence-corrected chi connectivity index (χ3v) is 5.55. The largest absolute Gasteiger partial charge is 0.453 e. The van der Waals surface area contributed by atoms with Gasteiger partial charge in [-0.25, -0.2) is 9.79 Å². The summed E-state index contributed by atoms with van der Waals surface area (Å²) in [5.41, 5.74) is 4.03. The number of thioether (sulfide) groups is 1. The molecule has 6 nitrogen and oxygen atoms in total. The number of ketones is 1. The zero-order chi connectivity index (χ0) is 23.1. The van der Waals surface area contributed by atoms with Gasteiger partial charge in [0.15, 0.2) is 11.0 Å². The van der Waals surface area contributed by atoms with Crippen LogP contribution in [-0.2, 0) is 11.2 Å². The predicted molar refractivity (Wildman–Crippen MR) is 131 cm³/mol. The normalized spacial score (nSPS) is 13.5. The number of alkyl carbamates (subject to hydrolysis) is 1. The van der Waals surface area contributed by atoms with Gasteiger partial charge in [0.1, 0.15) is 0 Å². The molecule has 0 bridgehead atoms. The van der Waals surface area contributed by atoms with Crippen molar-refractivity contribution in [1.29, 1.82) is 5.41 Å². The fourth-order valence-corrected chi connectivity index (χ4v) is 3.69. The molecule has 1 aliphatic carbocycles. The summed E-state index contributed by atoms with van der Waals surface area (Å²) in [5, 5.41) is 11.4. The monoisotopic (exact) mass is 467 g/mol. The summed E-state index contributed by atoms with van der Waals surface area (Å²) in [6.07, 6.45) is 7.78. The SMILES string of the molecule is COC(=O)NC(=Nc1ccc(C(=O)c2ccc(Cl)cc2)c(CC2=CC=CC(=N)C2)c1)SC. The average molecular weight is 468 g/mol. The van der Waals surface area contributed by atoms with Gasteiger partial charge in [0, 0.05) is 28.3 Å². The number of amidine groups is 1. The molecule has 0 saturated carbocycles. The minimum Gasteiger partial charge on any atom is -0.453 e. The summed E-state index contributed by atoms with van der Waals surface area (Å²) < 4.78 is 4.63. The highest BCUT2D eigenvalue weighted by atomic mass is 35.5. The van der Waals surface area contributed by atoms with Crippen LogP contribution in [0.15, 0.2) is 71.3 Å². The number of hydrogen-bond donors (Lipinski definition) is 2. The average Bonchev–Trinajstić information content (AvgIpc) is 2.79. The molecule has 2 aromatic carbocycles. The fraction of sp³-hybridized carbons (Fsp3) is 0.167. The van der Waals surface area contributed by atoms with Gasteiger partial charge in [-0.3, -0.25) is 10.1 Å². The molecule has 0 fully saturated rings.